The van der Waals surface area contributed by atoms with Crippen molar-refractivity contribution >= 4 is 47.8 Å². The molecule has 0 fully saturated rings. The van der Waals surface area contributed by atoms with Crippen molar-refractivity contribution in [3.8, 4) is 5.75 Å². The first kappa shape index (κ1) is 19.0. The van der Waals surface area contributed by atoms with Crippen LogP contribution in [-0.4, -0.2) is 31.5 Å². The number of nitrogens with zero attached hydrogens (tertiary/aromatic N) is 3. The molecule has 158 valence electrons. The molecule has 0 amide bonds. The second-order valence-corrected chi connectivity index (χ2v) is 9.23. The van der Waals surface area contributed by atoms with Gasteiger partial charge in [-0.15, -0.1) is 8.42 Å². The molecule has 0 atom stereocenters. The second-order valence-electron chi connectivity index (χ2n) is 6.24. The summed E-state index contributed by atoms with van der Waals surface area (Å²) in [6.45, 7) is 0. The van der Waals surface area contributed by atoms with Gasteiger partial charge in [0.2, 0.25) is 15.6 Å². The number of nitro benzene ring substituents is 1. The average Bonchev–Trinajstić information content (AvgIpc) is 3.01. The van der Waals surface area contributed by atoms with Crippen LogP contribution in [0.3, 0.4) is 0 Å². The summed E-state index contributed by atoms with van der Waals surface area (Å²) in [7, 11) is -9.75. The van der Waals surface area contributed by atoms with Crippen molar-refractivity contribution in [2.45, 2.75) is 9.79 Å². The molecule has 0 saturated carbocycles. The van der Waals surface area contributed by atoms with Crippen molar-refractivity contribution in [3.63, 3.8) is 0 Å². The van der Waals surface area contributed by atoms with Crippen LogP contribution >= 0.6 is 0 Å². The molecule has 0 N–H and O–H groups in total. The van der Waals surface area contributed by atoms with Crippen molar-refractivity contribution in [1.29, 1.82) is 0 Å². The minimum Gasteiger partial charge on any atom is -0.405 e. The van der Waals surface area contributed by atoms with E-state index in [1.165, 1.54) is 30.6 Å². The van der Waals surface area contributed by atoms with Crippen LogP contribution in [0.5, 0.6) is 5.75 Å². The molecule has 1 aliphatic rings. The van der Waals surface area contributed by atoms with E-state index >= 15 is 0 Å². The predicted octanol–water partition coefficient (Wildman–Crippen LogP) is 0.949. The summed E-state index contributed by atoms with van der Waals surface area (Å²) in [5, 5.41) is 12.3. The molecule has 1 aliphatic heterocycles. The van der Waals surface area contributed by atoms with E-state index in [4.69, 9.17) is 4.42 Å². The highest BCUT2D eigenvalue weighted by Crippen LogP contribution is 2.45. The highest BCUT2D eigenvalue weighted by atomic mass is 32.3. The Morgan fingerprint density at radius 3 is 2.71 bits per heavy atom. The van der Waals surface area contributed by atoms with E-state index in [0.29, 0.717) is 11.5 Å². The van der Waals surface area contributed by atoms with E-state index in [0.717, 1.165) is 0 Å². The Morgan fingerprint density at radius 2 is 1.97 bits per heavy atom. The molecule has 31 heavy (non-hydrogen) atoms. The first-order valence-corrected chi connectivity index (χ1v) is 11.0. The molecular weight excluding hydrogens is 458 g/mol. The van der Waals surface area contributed by atoms with E-state index in [1.54, 1.807) is 6.07 Å². The average molecular weight is 465 g/mol. The summed E-state index contributed by atoms with van der Waals surface area (Å²) in [5.41, 5.74) is -2.07. The Kier molecular flexibility index (Phi) is 3.69. The third-order valence-corrected chi connectivity index (χ3v) is 7.04. The summed E-state index contributed by atoms with van der Waals surface area (Å²) in [6, 6.07) is 6.22. The van der Waals surface area contributed by atoms with Gasteiger partial charge in [0, 0.05) is 23.2 Å². The molecule has 0 aliphatic carbocycles. The smallest absolute Gasteiger partial charge is 0.405 e. The molecule has 2 aromatic carbocycles. The zero-order chi connectivity index (χ0) is 22.1. The molecule has 4 aromatic rings. The van der Waals surface area contributed by atoms with Crippen LogP contribution in [0.1, 0.15) is 0 Å². The van der Waals surface area contributed by atoms with Gasteiger partial charge in [-0.2, -0.15) is 0 Å². The monoisotopic (exact) mass is 465 g/mol. The van der Waals surface area contributed by atoms with Gasteiger partial charge in [0.1, 0.15) is 0 Å². The lowest BCUT2D eigenvalue weighted by Gasteiger charge is -2.17. The maximum atomic E-state index is 13.6. The topological polar surface area (TPSA) is 178 Å². The van der Waals surface area contributed by atoms with E-state index in [1.807, 2.05) is 0 Å². The van der Waals surface area contributed by atoms with Crippen LogP contribution in [0.2, 0.25) is 0 Å². The zero-order valence-corrected chi connectivity index (χ0v) is 16.4. The molecule has 15 heteroatoms. The Labute approximate surface area is 171 Å². The molecule has 13 nitrogen and oxygen atoms in total. The standard InChI is InChI=1S/C16H7N3O10S2/c20-16-18-13-11(27-16)6-10(19(21)22)15(14(13)28-31(25,26)29-18)30(23,24)12-3-1-2-8-7-17-5-4-9(8)12/h1-7H. The van der Waals surface area contributed by atoms with Crippen LogP contribution in [0, 0.1) is 10.1 Å². The summed E-state index contributed by atoms with van der Waals surface area (Å²) in [4.78, 5) is 25.1. The normalized spacial score (nSPS) is 14.8. The van der Waals surface area contributed by atoms with Crippen LogP contribution in [0.15, 0.2) is 61.7 Å². The first-order valence-electron chi connectivity index (χ1n) is 8.19. The van der Waals surface area contributed by atoms with Crippen LogP contribution in [-0.2, 0) is 20.2 Å². The Morgan fingerprint density at radius 1 is 1.19 bits per heavy atom. The molecule has 5 rings (SSSR count). The number of hydrogen-bond acceptors (Lipinski definition) is 11. The summed E-state index contributed by atoms with van der Waals surface area (Å²) >= 11 is 0. The van der Waals surface area contributed by atoms with Crippen molar-refractivity contribution in [2.75, 3.05) is 0 Å². The fraction of sp³-hybridized carbons (Fsp3) is 0. The summed E-state index contributed by atoms with van der Waals surface area (Å²) in [5.74, 6) is -2.32. The molecular formula is C16H7N3O10S2. The zero-order valence-electron chi connectivity index (χ0n) is 14.8. The number of sulfone groups is 1. The van der Waals surface area contributed by atoms with E-state index < -0.39 is 58.3 Å². The number of fused-ring (bicyclic) bond motifs is 1. The SMILES string of the molecule is O=c1oc2cc([N+](=O)[O-])c(S(=O)(=O)c3cccc4cnccc34)c3c2n1OS(=O)(=O)O3. The lowest BCUT2D eigenvalue weighted by atomic mass is 10.2. The summed E-state index contributed by atoms with van der Waals surface area (Å²) in [6.07, 6.45) is 2.71. The predicted molar refractivity (Wildman–Crippen MR) is 100 cm³/mol. The van der Waals surface area contributed by atoms with Crippen LogP contribution in [0.4, 0.5) is 5.69 Å². The fourth-order valence-electron chi connectivity index (χ4n) is 3.28. The van der Waals surface area contributed by atoms with Crippen molar-refractivity contribution in [2.24, 2.45) is 0 Å². The van der Waals surface area contributed by atoms with Gasteiger partial charge in [-0.3, -0.25) is 19.4 Å². The second kappa shape index (κ2) is 6.02. The van der Waals surface area contributed by atoms with Crippen molar-refractivity contribution < 1.29 is 34.6 Å². The number of benzene rings is 2. The van der Waals surface area contributed by atoms with Gasteiger partial charge < -0.3 is 8.60 Å². The molecule has 0 radical (unpaired) electrons. The third kappa shape index (κ3) is 2.67. The fourth-order valence-corrected chi connectivity index (χ4v) is 5.79. The number of rotatable bonds is 3. The van der Waals surface area contributed by atoms with Gasteiger partial charge in [-0.05, 0) is 12.1 Å². The Bertz CT molecular complexity index is 1710. The number of pyridine rings is 1. The third-order valence-electron chi connectivity index (χ3n) is 4.47. The Hall–Kier alpha value is -3.98. The molecule has 0 unspecified atom stereocenters. The lowest BCUT2D eigenvalue weighted by molar-refractivity contribution is -0.387. The van der Waals surface area contributed by atoms with Gasteiger partial charge in [0.25, 0.3) is 5.69 Å². The van der Waals surface area contributed by atoms with Gasteiger partial charge in [-0.25, -0.2) is 13.2 Å². The quantitative estimate of drug-likeness (QED) is 0.311. The van der Waals surface area contributed by atoms with E-state index in [-0.39, 0.29) is 15.0 Å². The van der Waals surface area contributed by atoms with Gasteiger partial charge in [0.15, 0.2) is 16.0 Å². The number of hydrogen-bond donors (Lipinski definition) is 0. The minimum atomic E-state index is -4.98. The molecule has 0 saturated heterocycles. The van der Waals surface area contributed by atoms with Gasteiger partial charge in [-0.1, -0.05) is 16.9 Å². The van der Waals surface area contributed by atoms with Crippen LogP contribution in [0.25, 0.3) is 21.9 Å². The molecule has 0 spiro atoms. The number of nitro groups is 1. The lowest BCUT2D eigenvalue weighted by Crippen LogP contribution is -2.34. The largest absolute Gasteiger partial charge is 0.520 e. The van der Waals surface area contributed by atoms with Gasteiger partial charge in [0.05, 0.1) is 15.9 Å². The maximum absolute atomic E-state index is 13.6. The minimum absolute atomic E-state index is 0.152. The van der Waals surface area contributed by atoms with Crippen molar-refractivity contribution in [3.05, 3.63) is 63.4 Å². The van der Waals surface area contributed by atoms with E-state index in [9.17, 15) is 31.7 Å². The van der Waals surface area contributed by atoms with Crippen LogP contribution < -0.4 is 14.2 Å². The summed E-state index contributed by atoms with van der Waals surface area (Å²) < 4.78 is 65.2. The molecule has 2 aromatic heterocycles. The highest BCUT2D eigenvalue weighted by molar-refractivity contribution is 7.92. The maximum Gasteiger partial charge on any atom is 0.520 e. The molecule has 0 bridgehead atoms. The highest BCUT2D eigenvalue weighted by Gasteiger charge is 2.42. The number of oxazole rings is 1. The first-order chi connectivity index (χ1) is 14.6. The van der Waals surface area contributed by atoms with Gasteiger partial charge >= 0.3 is 16.2 Å². The van der Waals surface area contributed by atoms with E-state index in [2.05, 4.69) is 13.5 Å². The number of aromatic nitrogens is 2. The Balaban J connectivity index is 1.97. The molecule has 3 heterocycles. The van der Waals surface area contributed by atoms with Crippen molar-refractivity contribution in [1.82, 2.24) is 9.71 Å².